The normalized spacial score (nSPS) is 21.5. The van der Waals surface area contributed by atoms with E-state index < -0.39 is 0 Å². The molecule has 1 aliphatic heterocycles. The Labute approximate surface area is 115 Å². The van der Waals surface area contributed by atoms with E-state index in [1.807, 2.05) is 12.4 Å². The Hall–Kier alpha value is -0.910. The van der Waals surface area contributed by atoms with Gasteiger partial charge < -0.3 is 9.30 Å². The second-order valence-corrected chi connectivity index (χ2v) is 5.26. The average Bonchev–Trinajstić information content (AvgIpc) is 2.90. The minimum Gasteiger partial charge on any atom is -0.378 e. The quantitative estimate of drug-likeness (QED) is 0.586. The van der Waals surface area contributed by atoms with Crippen molar-refractivity contribution in [2.24, 2.45) is 5.84 Å². The smallest absolute Gasteiger partial charge is 0.127 e. The lowest BCUT2D eigenvalue weighted by Gasteiger charge is -2.24. The summed E-state index contributed by atoms with van der Waals surface area (Å²) in [6.45, 7) is 4.08. The molecule has 1 saturated heterocycles. The van der Waals surface area contributed by atoms with Gasteiger partial charge in [-0.1, -0.05) is 6.92 Å². The van der Waals surface area contributed by atoms with Gasteiger partial charge >= 0.3 is 0 Å². The van der Waals surface area contributed by atoms with Crippen LogP contribution in [0.25, 0.3) is 0 Å². The highest BCUT2D eigenvalue weighted by atomic mass is 16.5. The fourth-order valence-electron chi connectivity index (χ4n) is 2.74. The Morgan fingerprint density at radius 3 is 3.16 bits per heavy atom. The van der Waals surface area contributed by atoms with Crippen molar-refractivity contribution in [2.75, 3.05) is 6.61 Å². The number of hydrogen-bond donors (Lipinski definition) is 2. The van der Waals surface area contributed by atoms with Gasteiger partial charge in [-0.2, -0.15) is 0 Å². The maximum Gasteiger partial charge on any atom is 0.127 e. The topological polar surface area (TPSA) is 65.1 Å². The number of hydrogen-bond acceptors (Lipinski definition) is 4. The van der Waals surface area contributed by atoms with Crippen molar-refractivity contribution < 1.29 is 4.74 Å². The molecule has 3 N–H and O–H groups in total. The van der Waals surface area contributed by atoms with E-state index in [0.29, 0.717) is 6.10 Å². The fraction of sp³-hybridized carbons (Fsp3) is 0.786. The monoisotopic (exact) mass is 266 g/mol. The van der Waals surface area contributed by atoms with Crippen molar-refractivity contribution in [3.05, 3.63) is 18.2 Å². The SMILES string of the molecule is CCCn1ccnc1C(CCC1CCCCO1)NN. The summed E-state index contributed by atoms with van der Waals surface area (Å²) in [6, 6.07) is 0.118. The Balaban J connectivity index is 1.89. The molecule has 2 heterocycles. The zero-order chi connectivity index (χ0) is 13.5. The van der Waals surface area contributed by atoms with Crippen molar-refractivity contribution >= 4 is 0 Å². The lowest BCUT2D eigenvalue weighted by atomic mass is 10.0. The third-order valence-electron chi connectivity index (χ3n) is 3.78. The summed E-state index contributed by atoms with van der Waals surface area (Å²) in [6.07, 6.45) is 11.1. The third kappa shape index (κ3) is 4.03. The Morgan fingerprint density at radius 1 is 1.58 bits per heavy atom. The van der Waals surface area contributed by atoms with Crippen LogP contribution in [0.3, 0.4) is 0 Å². The van der Waals surface area contributed by atoms with Crippen LogP contribution in [-0.4, -0.2) is 22.3 Å². The van der Waals surface area contributed by atoms with Crippen LogP contribution in [0.4, 0.5) is 0 Å². The first kappa shape index (κ1) is 14.5. The highest BCUT2D eigenvalue weighted by Crippen LogP contribution is 2.22. The number of nitrogens with one attached hydrogen (secondary N) is 1. The van der Waals surface area contributed by atoms with Crippen LogP contribution < -0.4 is 11.3 Å². The van der Waals surface area contributed by atoms with Crippen molar-refractivity contribution in [2.45, 2.75) is 64.1 Å². The summed E-state index contributed by atoms with van der Waals surface area (Å²) >= 11 is 0. The van der Waals surface area contributed by atoms with Crippen LogP contribution in [0.2, 0.25) is 0 Å². The molecule has 0 aliphatic carbocycles. The highest BCUT2D eigenvalue weighted by Gasteiger charge is 2.19. The summed E-state index contributed by atoms with van der Waals surface area (Å²) in [4.78, 5) is 4.45. The molecule has 0 amide bonds. The standard InChI is InChI=1S/C14H26N4O/c1-2-9-18-10-8-16-14(18)13(17-15)7-6-12-5-3-4-11-19-12/h8,10,12-13,17H,2-7,9,11,15H2,1H3. The molecule has 1 aliphatic rings. The van der Waals surface area contributed by atoms with Gasteiger partial charge in [0.1, 0.15) is 5.82 Å². The molecule has 5 nitrogen and oxygen atoms in total. The van der Waals surface area contributed by atoms with E-state index in [2.05, 4.69) is 21.9 Å². The number of hydrazine groups is 1. The molecule has 0 aromatic carbocycles. The zero-order valence-corrected chi connectivity index (χ0v) is 11.8. The van der Waals surface area contributed by atoms with Crippen molar-refractivity contribution in [3.8, 4) is 0 Å². The van der Waals surface area contributed by atoms with Gasteiger partial charge in [0.05, 0.1) is 12.1 Å². The number of ether oxygens (including phenoxy) is 1. The van der Waals surface area contributed by atoms with Gasteiger partial charge in [-0.15, -0.1) is 0 Å². The molecule has 0 radical (unpaired) electrons. The van der Waals surface area contributed by atoms with Gasteiger partial charge in [-0.3, -0.25) is 5.84 Å². The van der Waals surface area contributed by atoms with Gasteiger partial charge in [-0.05, 0) is 38.5 Å². The molecule has 1 aromatic rings. The zero-order valence-electron chi connectivity index (χ0n) is 11.8. The fourth-order valence-corrected chi connectivity index (χ4v) is 2.74. The number of imidazole rings is 1. The molecule has 0 bridgehead atoms. The molecule has 2 atom stereocenters. The highest BCUT2D eigenvalue weighted by molar-refractivity contribution is 4.99. The number of rotatable bonds is 7. The van der Waals surface area contributed by atoms with E-state index in [1.54, 1.807) is 0 Å². The van der Waals surface area contributed by atoms with Crippen molar-refractivity contribution in [1.82, 2.24) is 15.0 Å². The first-order chi connectivity index (χ1) is 9.35. The molecule has 108 valence electrons. The van der Waals surface area contributed by atoms with E-state index in [1.165, 1.54) is 19.3 Å². The van der Waals surface area contributed by atoms with E-state index in [4.69, 9.17) is 10.6 Å². The number of aryl methyl sites for hydroxylation is 1. The summed E-state index contributed by atoms with van der Waals surface area (Å²) in [7, 11) is 0. The number of aromatic nitrogens is 2. The molecule has 1 fully saturated rings. The lowest BCUT2D eigenvalue weighted by molar-refractivity contribution is 0.00835. The number of nitrogens with zero attached hydrogens (tertiary/aromatic N) is 2. The molecular weight excluding hydrogens is 240 g/mol. The van der Waals surface area contributed by atoms with Gasteiger partial charge in [0.2, 0.25) is 0 Å². The lowest BCUT2D eigenvalue weighted by Crippen LogP contribution is -2.31. The van der Waals surface area contributed by atoms with E-state index in [9.17, 15) is 0 Å². The molecule has 2 unspecified atom stereocenters. The molecule has 1 aromatic heterocycles. The molecule has 0 spiro atoms. The van der Waals surface area contributed by atoms with Crippen LogP contribution in [0, 0.1) is 0 Å². The predicted octanol–water partition coefficient (Wildman–Crippen LogP) is 2.15. The van der Waals surface area contributed by atoms with Crippen LogP contribution in [0.5, 0.6) is 0 Å². The summed E-state index contributed by atoms with van der Waals surface area (Å²) in [5.74, 6) is 6.74. The first-order valence-electron chi connectivity index (χ1n) is 7.44. The average molecular weight is 266 g/mol. The van der Waals surface area contributed by atoms with Crippen LogP contribution in [0.15, 0.2) is 12.4 Å². The molecule has 2 rings (SSSR count). The van der Waals surface area contributed by atoms with E-state index in [-0.39, 0.29) is 6.04 Å². The van der Waals surface area contributed by atoms with E-state index >= 15 is 0 Å². The molecule has 19 heavy (non-hydrogen) atoms. The van der Waals surface area contributed by atoms with Gasteiger partial charge in [-0.25, -0.2) is 10.4 Å². The number of nitrogens with two attached hydrogens (primary N) is 1. The third-order valence-corrected chi connectivity index (χ3v) is 3.78. The van der Waals surface area contributed by atoms with E-state index in [0.717, 1.165) is 38.2 Å². The van der Waals surface area contributed by atoms with Gasteiger partial charge in [0, 0.05) is 25.5 Å². The maximum atomic E-state index is 5.77. The van der Waals surface area contributed by atoms with Crippen LogP contribution in [-0.2, 0) is 11.3 Å². The Kier molecular flexibility index (Phi) is 5.82. The maximum absolute atomic E-state index is 5.77. The summed E-state index contributed by atoms with van der Waals surface area (Å²) < 4.78 is 7.96. The molecule has 0 saturated carbocycles. The predicted molar refractivity (Wildman–Crippen MR) is 75.4 cm³/mol. The largest absolute Gasteiger partial charge is 0.378 e. The van der Waals surface area contributed by atoms with Crippen LogP contribution in [0.1, 0.15) is 57.3 Å². The van der Waals surface area contributed by atoms with Gasteiger partial charge in [0.25, 0.3) is 0 Å². The first-order valence-corrected chi connectivity index (χ1v) is 7.44. The second kappa shape index (κ2) is 7.62. The van der Waals surface area contributed by atoms with Gasteiger partial charge in [0.15, 0.2) is 0 Å². The van der Waals surface area contributed by atoms with Crippen molar-refractivity contribution in [3.63, 3.8) is 0 Å². The second-order valence-electron chi connectivity index (χ2n) is 5.26. The molecule has 5 heteroatoms. The summed E-state index contributed by atoms with van der Waals surface area (Å²) in [5, 5.41) is 0. The Morgan fingerprint density at radius 2 is 2.47 bits per heavy atom. The minimum absolute atomic E-state index is 0.118. The minimum atomic E-state index is 0.118. The Bertz CT molecular complexity index is 360. The summed E-state index contributed by atoms with van der Waals surface area (Å²) in [5.41, 5.74) is 2.90. The molecular formula is C14H26N4O. The van der Waals surface area contributed by atoms with Crippen LogP contribution >= 0.6 is 0 Å². The van der Waals surface area contributed by atoms with Crippen molar-refractivity contribution in [1.29, 1.82) is 0 Å².